The van der Waals surface area contributed by atoms with E-state index in [0.717, 1.165) is 16.8 Å². The van der Waals surface area contributed by atoms with E-state index in [9.17, 15) is 9.59 Å². The SMILES string of the molecule is CC(=O)C1CC(c2ccc(NC(=O)c3ccc(N)cc3)cc2)=CN1. The smallest absolute Gasteiger partial charge is 0.255 e. The average Bonchev–Trinajstić information content (AvgIpc) is 3.06. The van der Waals surface area contributed by atoms with Crippen LogP contribution in [0.5, 0.6) is 0 Å². The van der Waals surface area contributed by atoms with Gasteiger partial charge in [0.1, 0.15) is 0 Å². The first-order valence-corrected chi connectivity index (χ1v) is 7.76. The Labute approximate surface area is 140 Å². The second kappa shape index (κ2) is 6.58. The predicted molar refractivity (Wildman–Crippen MR) is 95.4 cm³/mol. The van der Waals surface area contributed by atoms with E-state index >= 15 is 0 Å². The molecule has 5 heteroatoms. The fourth-order valence-corrected chi connectivity index (χ4v) is 2.61. The molecule has 1 atom stereocenters. The molecule has 0 spiro atoms. The van der Waals surface area contributed by atoms with Gasteiger partial charge in [0.05, 0.1) is 6.04 Å². The maximum Gasteiger partial charge on any atom is 0.255 e. The first kappa shape index (κ1) is 15.8. The number of amides is 1. The van der Waals surface area contributed by atoms with Crippen LogP contribution in [0.1, 0.15) is 29.3 Å². The van der Waals surface area contributed by atoms with Gasteiger partial charge in [-0.25, -0.2) is 0 Å². The van der Waals surface area contributed by atoms with Gasteiger partial charge in [-0.1, -0.05) is 12.1 Å². The Kier molecular flexibility index (Phi) is 4.33. The fraction of sp³-hybridized carbons (Fsp3) is 0.158. The Hall–Kier alpha value is -3.08. The Morgan fingerprint density at radius 3 is 2.33 bits per heavy atom. The number of Topliss-reactive ketones (excluding diaryl/α,β-unsaturated/α-hetero) is 1. The van der Waals surface area contributed by atoms with Crippen molar-refractivity contribution in [2.75, 3.05) is 11.1 Å². The topological polar surface area (TPSA) is 84.2 Å². The van der Waals surface area contributed by atoms with Crippen molar-refractivity contribution in [3.63, 3.8) is 0 Å². The van der Waals surface area contributed by atoms with Crippen LogP contribution in [-0.4, -0.2) is 17.7 Å². The Balaban J connectivity index is 1.66. The molecule has 24 heavy (non-hydrogen) atoms. The lowest BCUT2D eigenvalue weighted by Gasteiger charge is -2.08. The number of benzene rings is 2. The minimum atomic E-state index is -0.179. The van der Waals surface area contributed by atoms with Crippen LogP contribution in [-0.2, 0) is 4.79 Å². The van der Waals surface area contributed by atoms with E-state index < -0.39 is 0 Å². The molecular formula is C19H19N3O2. The van der Waals surface area contributed by atoms with Crippen LogP contribution in [0.2, 0.25) is 0 Å². The lowest BCUT2D eigenvalue weighted by atomic mass is 10.0. The summed E-state index contributed by atoms with van der Waals surface area (Å²) in [5.74, 6) is -0.0465. The van der Waals surface area contributed by atoms with Gasteiger partial charge in [0.2, 0.25) is 0 Å². The lowest BCUT2D eigenvalue weighted by Crippen LogP contribution is -2.26. The number of carbonyl (C=O) groups excluding carboxylic acids is 2. The summed E-state index contributed by atoms with van der Waals surface area (Å²) in [6.45, 7) is 1.59. The maximum absolute atomic E-state index is 12.2. The minimum Gasteiger partial charge on any atom is -0.399 e. The molecule has 0 aromatic heterocycles. The third-order valence-corrected chi connectivity index (χ3v) is 4.06. The number of nitrogen functional groups attached to an aromatic ring is 1. The van der Waals surface area contributed by atoms with Gasteiger partial charge >= 0.3 is 0 Å². The van der Waals surface area contributed by atoms with E-state index in [1.54, 1.807) is 31.2 Å². The van der Waals surface area contributed by atoms with Crippen molar-refractivity contribution >= 4 is 28.6 Å². The monoisotopic (exact) mass is 321 g/mol. The zero-order valence-electron chi connectivity index (χ0n) is 13.4. The molecule has 5 nitrogen and oxygen atoms in total. The van der Waals surface area contributed by atoms with Crippen LogP contribution in [0.3, 0.4) is 0 Å². The maximum atomic E-state index is 12.2. The van der Waals surface area contributed by atoms with Gasteiger partial charge in [-0.15, -0.1) is 0 Å². The lowest BCUT2D eigenvalue weighted by molar-refractivity contribution is -0.118. The van der Waals surface area contributed by atoms with Gasteiger partial charge in [-0.3, -0.25) is 9.59 Å². The molecule has 122 valence electrons. The molecule has 0 saturated carbocycles. The third-order valence-electron chi connectivity index (χ3n) is 4.06. The molecule has 4 N–H and O–H groups in total. The molecule has 0 fully saturated rings. The molecule has 0 bridgehead atoms. The van der Waals surface area contributed by atoms with E-state index in [2.05, 4.69) is 10.6 Å². The van der Waals surface area contributed by atoms with E-state index in [1.807, 2.05) is 30.5 Å². The molecule has 0 saturated heterocycles. The summed E-state index contributed by atoms with van der Waals surface area (Å²) in [6, 6.07) is 14.2. The first-order chi connectivity index (χ1) is 11.5. The fourth-order valence-electron chi connectivity index (χ4n) is 2.61. The Morgan fingerprint density at radius 2 is 1.75 bits per heavy atom. The standard InChI is InChI=1S/C19H19N3O2/c1-12(23)18-10-15(11-21-18)13-4-8-17(9-5-13)22-19(24)14-2-6-16(20)7-3-14/h2-9,11,18,21H,10,20H2,1H3,(H,22,24). The van der Waals surface area contributed by atoms with Crippen LogP contribution in [0, 0.1) is 0 Å². The van der Waals surface area contributed by atoms with Crippen LogP contribution in [0.4, 0.5) is 11.4 Å². The van der Waals surface area contributed by atoms with Crippen molar-refractivity contribution in [1.82, 2.24) is 5.32 Å². The summed E-state index contributed by atoms with van der Waals surface area (Å²) in [5.41, 5.74) is 9.65. The van der Waals surface area contributed by atoms with Crippen LogP contribution >= 0.6 is 0 Å². The van der Waals surface area contributed by atoms with Crippen molar-refractivity contribution in [2.45, 2.75) is 19.4 Å². The number of hydrogen-bond donors (Lipinski definition) is 3. The summed E-state index contributed by atoms with van der Waals surface area (Å²) in [4.78, 5) is 23.6. The molecule has 2 aromatic rings. The first-order valence-electron chi connectivity index (χ1n) is 7.76. The number of nitrogens with one attached hydrogen (secondary N) is 2. The highest BCUT2D eigenvalue weighted by molar-refractivity contribution is 6.04. The molecule has 1 aliphatic rings. The van der Waals surface area contributed by atoms with E-state index in [0.29, 0.717) is 17.7 Å². The molecule has 3 rings (SSSR count). The summed E-state index contributed by atoms with van der Waals surface area (Å²) in [6.07, 6.45) is 2.57. The normalized spacial score (nSPS) is 16.2. The number of rotatable bonds is 4. The zero-order chi connectivity index (χ0) is 17.1. The molecule has 1 heterocycles. The molecule has 2 aromatic carbocycles. The van der Waals surface area contributed by atoms with Gasteiger partial charge in [-0.05, 0) is 54.5 Å². The van der Waals surface area contributed by atoms with Gasteiger partial charge in [0, 0.05) is 29.6 Å². The number of carbonyl (C=O) groups is 2. The van der Waals surface area contributed by atoms with E-state index in [4.69, 9.17) is 5.73 Å². The van der Waals surface area contributed by atoms with Crippen LogP contribution in [0.15, 0.2) is 54.7 Å². The van der Waals surface area contributed by atoms with Crippen molar-refractivity contribution < 1.29 is 9.59 Å². The average molecular weight is 321 g/mol. The minimum absolute atomic E-state index is 0.133. The summed E-state index contributed by atoms with van der Waals surface area (Å²) < 4.78 is 0. The molecule has 1 unspecified atom stereocenters. The predicted octanol–water partition coefficient (Wildman–Crippen LogP) is 2.81. The molecular weight excluding hydrogens is 302 g/mol. The summed E-state index contributed by atoms with van der Waals surface area (Å²) >= 11 is 0. The Morgan fingerprint density at radius 1 is 1.08 bits per heavy atom. The zero-order valence-corrected chi connectivity index (χ0v) is 13.4. The number of hydrogen-bond acceptors (Lipinski definition) is 4. The van der Waals surface area contributed by atoms with Crippen molar-refractivity contribution in [3.05, 3.63) is 65.9 Å². The van der Waals surface area contributed by atoms with Crippen molar-refractivity contribution in [2.24, 2.45) is 0 Å². The molecule has 0 radical (unpaired) electrons. The van der Waals surface area contributed by atoms with Gasteiger partial charge < -0.3 is 16.4 Å². The Bertz CT molecular complexity index is 792. The van der Waals surface area contributed by atoms with E-state index in [-0.39, 0.29) is 17.7 Å². The van der Waals surface area contributed by atoms with Crippen molar-refractivity contribution in [3.8, 4) is 0 Å². The van der Waals surface area contributed by atoms with E-state index in [1.165, 1.54) is 0 Å². The highest BCUT2D eigenvalue weighted by atomic mass is 16.1. The second-order valence-electron chi connectivity index (χ2n) is 5.86. The molecule has 0 aliphatic carbocycles. The number of nitrogens with two attached hydrogens (primary N) is 1. The van der Waals surface area contributed by atoms with Gasteiger partial charge in [0.15, 0.2) is 5.78 Å². The third kappa shape index (κ3) is 3.46. The second-order valence-corrected chi connectivity index (χ2v) is 5.86. The van der Waals surface area contributed by atoms with Gasteiger partial charge in [0.25, 0.3) is 5.91 Å². The van der Waals surface area contributed by atoms with Crippen molar-refractivity contribution in [1.29, 1.82) is 0 Å². The van der Waals surface area contributed by atoms with Crippen LogP contribution < -0.4 is 16.4 Å². The number of anilines is 2. The largest absolute Gasteiger partial charge is 0.399 e. The van der Waals surface area contributed by atoms with Crippen LogP contribution in [0.25, 0.3) is 5.57 Å². The highest BCUT2D eigenvalue weighted by Gasteiger charge is 2.21. The quantitative estimate of drug-likeness (QED) is 0.756. The van der Waals surface area contributed by atoms with Gasteiger partial charge in [-0.2, -0.15) is 0 Å². The highest BCUT2D eigenvalue weighted by Crippen LogP contribution is 2.25. The summed E-state index contributed by atoms with van der Waals surface area (Å²) in [7, 11) is 0. The molecule has 1 aliphatic heterocycles. The molecule has 1 amide bonds. The summed E-state index contributed by atoms with van der Waals surface area (Å²) in [5, 5.41) is 5.94. The number of ketones is 1.